The van der Waals surface area contributed by atoms with E-state index in [9.17, 15) is 0 Å². The molecule has 1 saturated heterocycles. The highest BCUT2D eigenvalue weighted by molar-refractivity contribution is 5.71. The molecule has 1 heterocycles. The van der Waals surface area contributed by atoms with E-state index in [0.29, 0.717) is 0 Å². The average Bonchev–Trinajstić information content (AvgIpc) is 2.74. The summed E-state index contributed by atoms with van der Waals surface area (Å²) in [6, 6.07) is 8.69. The lowest BCUT2D eigenvalue weighted by atomic mass is 10.1. The standard InChI is InChI=1S/C13H15NO/c1-2-4-12-11(3-1)5-6-13(12)14-7-9-15-10-8-14/h1-4,6H,5,7-10H2. The van der Waals surface area contributed by atoms with Crippen LogP contribution in [0.5, 0.6) is 0 Å². The van der Waals surface area contributed by atoms with Crippen molar-refractivity contribution in [2.45, 2.75) is 6.42 Å². The Morgan fingerprint density at radius 3 is 2.73 bits per heavy atom. The topological polar surface area (TPSA) is 12.5 Å². The number of rotatable bonds is 1. The van der Waals surface area contributed by atoms with Gasteiger partial charge in [0.1, 0.15) is 0 Å². The second-order valence-corrected chi connectivity index (χ2v) is 4.05. The third-order valence-electron chi connectivity index (χ3n) is 3.16. The molecule has 1 aromatic carbocycles. The molecular formula is C13H15NO. The zero-order chi connectivity index (χ0) is 10.1. The molecular weight excluding hydrogens is 186 g/mol. The summed E-state index contributed by atoms with van der Waals surface area (Å²) in [7, 11) is 0. The molecule has 2 nitrogen and oxygen atoms in total. The molecule has 0 aromatic heterocycles. The summed E-state index contributed by atoms with van der Waals surface area (Å²) in [5, 5.41) is 0. The van der Waals surface area contributed by atoms with Crippen LogP contribution < -0.4 is 0 Å². The van der Waals surface area contributed by atoms with Gasteiger partial charge in [-0.2, -0.15) is 0 Å². The molecule has 0 radical (unpaired) electrons. The quantitative estimate of drug-likeness (QED) is 0.688. The smallest absolute Gasteiger partial charge is 0.0642 e. The zero-order valence-corrected chi connectivity index (χ0v) is 8.78. The van der Waals surface area contributed by atoms with E-state index in [0.717, 1.165) is 32.7 Å². The maximum absolute atomic E-state index is 5.38. The summed E-state index contributed by atoms with van der Waals surface area (Å²) in [5.41, 5.74) is 4.28. The molecule has 15 heavy (non-hydrogen) atoms. The number of hydrogen-bond acceptors (Lipinski definition) is 2. The van der Waals surface area contributed by atoms with Gasteiger partial charge >= 0.3 is 0 Å². The number of ether oxygens (including phenoxy) is 1. The average molecular weight is 201 g/mol. The summed E-state index contributed by atoms with van der Waals surface area (Å²) in [6.07, 6.45) is 3.43. The molecule has 1 aliphatic carbocycles. The van der Waals surface area contributed by atoms with Crippen LogP contribution in [0.1, 0.15) is 11.1 Å². The largest absolute Gasteiger partial charge is 0.378 e. The Hall–Kier alpha value is -1.28. The molecule has 0 N–H and O–H groups in total. The van der Waals surface area contributed by atoms with Gasteiger partial charge in [0.2, 0.25) is 0 Å². The van der Waals surface area contributed by atoms with Gasteiger partial charge in [-0.15, -0.1) is 0 Å². The molecule has 1 aromatic rings. The van der Waals surface area contributed by atoms with Crippen molar-refractivity contribution in [1.82, 2.24) is 4.90 Å². The van der Waals surface area contributed by atoms with Crippen molar-refractivity contribution in [3.05, 3.63) is 41.5 Å². The number of morpholine rings is 1. The van der Waals surface area contributed by atoms with E-state index < -0.39 is 0 Å². The highest BCUT2D eigenvalue weighted by Gasteiger charge is 2.20. The van der Waals surface area contributed by atoms with E-state index in [-0.39, 0.29) is 0 Å². The van der Waals surface area contributed by atoms with Crippen molar-refractivity contribution in [3.8, 4) is 0 Å². The van der Waals surface area contributed by atoms with Gasteiger partial charge in [-0.3, -0.25) is 0 Å². The van der Waals surface area contributed by atoms with Crippen LogP contribution in [0.4, 0.5) is 0 Å². The van der Waals surface area contributed by atoms with Gasteiger partial charge in [-0.25, -0.2) is 0 Å². The van der Waals surface area contributed by atoms with E-state index in [2.05, 4.69) is 35.2 Å². The first-order valence-electron chi connectivity index (χ1n) is 5.56. The van der Waals surface area contributed by atoms with Crippen molar-refractivity contribution in [2.75, 3.05) is 26.3 Å². The molecule has 0 bridgehead atoms. The lowest BCUT2D eigenvalue weighted by Gasteiger charge is -2.30. The Bertz CT molecular complexity index is 391. The Morgan fingerprint density at radius 1 is 1.07 bits per heavy atom. The van der Waals surface area contributed by atoms with Crippen LogP contribution in [0.25, 0.3) is 5.70 Å². The molecule has 0 saturated carbocycles. The lowest BCUT2D eigenvalue weighted by Crippen LogP contribution is -2.34. The van der Waals surface area contributed by atoms with E-state index in [1.54, 1.807) is 0 Å². The second kappa shape index (κ2) is 3.70. The fourth-order valence-electron chi connectivity index (χ4n) is 2.37. The van der Waals surface area contributed by atoms with Crippen molar-refractivity contribution in [2.24, 2.45) is 0 Å². The minimum Gasteiger partial charge on any atom is -0.378 e. The molecule has 78 valence electrons. The first-order chi connectivity index (χ1) is 7.45. The van der Waals surface area contributed by atoms with Crippen LogP contribution in [-0.2, 0) is 11.2 Å². The van der Waals surface area contributed by atoms with E-state index >= 15 is 0 Å². The van der Waals surface area contributed by atoms with Gasteiger partial charge in [0.15, 0.2) is 0 Å². The number of allylic oxidation sites excluding steroid dienone is 1. The van der Waals surface area contributed by atoms with Gasteiger partial charge < -0.3 is 9.64 Å². The monoisotopic (exact) mass is 201 g/mol. The lowest BCUT2D eigenvalue weighted by molar-refractivity contribution is 0.0640. The van der Waals surface area contributed by atoms with Gasteiger partial charge in [0.25, 0.3) is 0 Å². The highest BCUT2D eigenvalue weighted by Crippen LogP contribution is 2.30. The maximum Gasteiger partial charge on any atom is 0.0642 e. The zero-order valence-electron chi connectivity index (χ0n) is 8.78. The number of fused-ring (bicyclic) bond motifs is 1. The SMILES string of the molecule is C1=C(N2CCOCC2)c2ccccc2C1. The summed E-state index contributed by atoms with van der Waals surface area (Å²) in [6.45, 7) is 3.78. The van der Waals surface area contributed by atoms with Crippen LogP contribution in [0, 0.1) is 0 Å². The second-order valence-electron chi connectivity index (χ2n) is 4.05. The molecule has 0 unspecified atom stereocenters. The van der Waals surface area contributed by atoms with E-state index in [4.69, 9.17) is 4.74 Å². The van der Waals surface area contributed by atoms with Crippen LogP contribution >= 0.6 is 0 Å². The molecule has 0 spiro atoms. The predicted molar refractivity (Wildman–Crippen MR) is 60.5 cm³/mol. The Morgan fingerprint density at radius 2 is 1.87 bits per heavy atom. The summed E-state index contributed by atoms with van der Waals surface area (Å²) in [5.74, 6) is 0. The molecule has 3 rings (SSSR count). The van der Waals surface area contributed by atoms with E-state index in [1.165, 1.54) is 16.8 Å². The van der Waals surface area contributed by atoms with Crippen LogP contribution in [-0.4, -0.2) is 31.2 Å². The fourth-order valence-corrected chi connectivity index (χ4v) is 2.37. The Kier molecular flexibility index (Phi) is 2.22. The molecule has 0 amide bonds. The summed E-state index contributed by atoms with van der Waals surface area (Å²) in [4.78, 5) is 2.44. The van der Waals surface area contributed by atoms with Crippen LogP contribution in [0.2, 0.25) is 0 Å². The number of hydrogen-bond donors (Lipinski definition) is 0. The summed E-state index contributed by atoms with van der Waals surface area (Å²) >= 11 is 0. The number of benzene rings is 1. The molecule has 2 aliphatic rings. The number of nitrogens with zero attached hydrogens (tertiary/aromatic N) is 1. The van der Waals surface area contributed by atoms with Gasteiger partial charge in [-0.1, -0.05) is 30.3 Å². The van der Waals surface area contributed by atoms with E-state index in [1.807, 2.05) is 0 Å². The Labute approximate surface area is 90.2 Å². The maximum atomic E-state index is 5.38. The minimum atomic E-state index is 0.861. The third-order valence-corrected chi connectivity index (χ3v) is 3.16. The molecule has 2 heteroatoms. The van der Waals surface area contributed by atoms with Crippen molar-refractivity contribution < 1.29 is 4.74 Å². The predicted octanol–water partition coefficient (Wildman–Crippen LogP) is 1.92. The normalized spacial score (nSPS) is 20.0. The van der Waals surface area contributed by atoms with Gasteiger partial charge in [-0.05, 0) is 12.0 Å². The molecule has 1 aliphatic heterocycles. The highest BCUT2D eigenvalue weighted by atomic mass is 16.5. The van der Waals surface area contributed by atoms with Crippen LogP contribution in [0.3, 0.4) is 0 Å². The molecule has 0 atom stereocenters. The van der Waals surface area contributed by atoms with Crippen molar-refractivity contribution >= 4 is 5.70 Å². The van der Waals surface area contributed by atoms with Gasteiger partial charge in [0.05, 0.1) is 13.2 Å². The van der Waals surface area contributed by atoms with Gasteiger partial charge in [0, 0.05) is 24.4 Å². The summed E-state index contributed by atoms with van der Waals surface area (Å²) < 4.78 is 5.38. The van der Waals surface area contributed by atoms with Crippen LogP contribution in [0.15, 0.2) is 30.3 Å². The van der Waals surface area contributed by atoms with Crippen molar-refractivity contribution in [3.63, 3.8) is 0 Å². The fraction of sp³-hybridized carbons (Fsp3) is 0.385. The third kappa shape index (κ3) is 1.55. The first kappa shape index (κ1) is 8.98. The first-order valence-corrected chi connectivity index (χ1v) is 5.56. The Balaban J connectivity index is 1.89. The minimum absolute atomic E-state index is 0.861. The molecule has 1 fully saturated rings. The van der Waals surface area contributed by atoms with Crippen molar-refractivity contribution in [1.29, 1.82) is 0 Å².